The van der Waals surface area contributed by atoms with Crippen molar-refractivity contribution in [2.45, 2.75) is 13.0 Å². The Morgan fingerprint density at radius 3 is 2.95 bits per heavy atom. The van der Waals surface area contributed by atoms with Crippen molar-refractivity contribution in [3.05, 3.63) is 51.8 Å². The molecule has 1 aliphatic heterocycles. The number of fused-ring (bicyclic) bond motifs is 1. The van der Waals surface area contributed by atoms with E-state index in [9.17, 15) is 4.79 Å². The number of hydrogen-bond acceptors (Lipinski definition) is 2. The smallest absolute Gasteiger partial charge is 0.272 e. The summed E-state index contributed by atoms with van der Waals surface area (Å²) < 4.78 is 2.71. The van der Waals surface area contributed by atoms with Crippen LogP contribution in [0.25, 0.3) is 0 Å². The Labute approximate surface area is 126 Å². The van der Waals surface area contributed by atoms with E-state index in [4.69, 9.17) is 0 Å². The lowest BCUT2D eigenvalue weighted by Gasteiger charge is -2.18. The van der Waals surface area contributed by atoms with Crippen LogP contribution in [0.4, 0.5) is 5.69 Å². The third-order valence-electron chi connectivity index (χ3n) is 3.55. The minimum absolute atomic E-state index is 0.0954. The van der Waals surface area contributed by atoms with Crippen LogP contribution in [0.1, 0.15) is 21.6 Å². The number of hydrogen-bond donors (Lipinski definition) is 2. The Hall–Kier alpha value is -1.59. The van der Waals surface area contributed by atoms with Crippen LogP contribution in [0, 0.1) is 0 Å². The first kappa shape index (κ1) is 13.4. The van der Waals surface area contributed by atoms with Gasteiger partial charge in [-0.25, -0.2) is 0 Å². The van der Waals surface area contributed by atoms with Gasteiger partial charge in [-0.3, -0.25) is 4.79 Å². The summed E-state index contributed by atoms with van der Waals surface area (Å²) in [6, 6.07) is 7.94. The van der Waals surface area contributed by atoms with Crippen molar-refractivity contribution in [1.82, 2.24) is 9.88 Å². The summed E-state index contributed by atoms with van der Waals surface area (Å²) in [5.41, 5.74) is 4.10. The van der Waals surface area contributed by atoms with Crippen LogP contribution in [0.2, 0.25) is 0 Å². The molecule has 1 aromatic heterocycles. The second kappa shape index (κ2) is 5.42. The highest BCUT2D eigenvalue weighted by atomic mass is 79.9. The van der Waals surface area contributed by atoms with Crippen LogP contribution in [-0.2, 0) is 20.0 Å². The molecular weight excluding hydrogens is 318 g/mol. The van der Waals surface area contributed by atoms with Crippen molar-refractivity contribution in [3.63, 3.8) is 0 Å². The molecule has 0 radical (unpaired) electrons. The highest BCUT2D eigenvalue weighted by Crippen LogP contribution is 2.20. The maximum atomic E-state index is 12.2. The van der Waals surface area contributed by atoms with E-state index in [1.54, 1.807) is 4.57 Å². The van der Waals surface area contributed by atoms with Crippen molar-refractivity contribution in [2.75, 3.05) is 11.9 Å². The largest absolute Gasteiger partial charge is 0.345 e. The van der Waals surface area contributed by atoms with Gasteiger partial charge in [0.2, 0.25) is 0 Å². The molecule has 0 fully saturated rings. The normalized spacial score (nSPS) is 13.9. The zero-order valence-electron chi connectivity index (χ0n) is 11.2. The molecule has 0 bridgehead atoms. The van der Waals surface area contributed by atoms with E-state index in [2.05, 4.69) is 38.7 Å². The molecule has 0 aliphatic carbocycles. The van der Waals surface area contributed by atoms with Crippen molar-refractivity contribution < 1.29 is 4.79 Å². The van der Waals surface area contributed by atoms with E-state index in [1.807, 2.05) is 25.4 Å². The number of halogens is 1. The number of benzene rings is 1. The van der Waals surface area contributed by atoms with Gasteiger partial charge in [0.15, 0.2) is 0 Å². The minimum atomic E-state index is -0.0954. The predicted octanol–water partition coefficient (Wildman–Crippen LogP) is 2.69. The number of anilines is 1. The second-order valence-corrected chi connectivity index (χ2v) is 5.93. The molecule has 3 rings (SSSR count). The molecule has 1 aromatic carbocycles. The summed E-state index contributed by atoms with van der Waals surface area (Å²) in [6.07, 6.45) is 2.92. The van der Waals surface area contributed by atoms with Crippen LogP contribution in [-0.4, -0.2) is 17.0 Å². The fourth-order valence-electron chi connectivity index (χ4n) is 2.50. The summed E-state index contributed by atoms with van der Waals surface area (Å²) >= 11 is 3.38. The number of nitrogens with zero attached hydrogens (tertiary/aromatic N) is 1. The Morgan fingerprint density at radius 1 is 1.35 bits per heavy atom. The Balaban J connectivity index is 1.81. The van der Waals surface area contributed by atoms with Crippen molar-refractivity contribution in [1.29, 1.82) is 0 Å². The fourth-order valence-corrected chi connectivity index (χ4v) is 3.03. The minimum Gasteiger partial charge on any atom is -0.345 e. The molecule has 1 amide bonds. The summed E-state index contributed by atoms with van der Waals surface area (Å²) in [5, 5.41) is 6.30. The third-order valence-corrected chi connectivity index (χ3v) is 3.99. The average Bonchev–Trinajstić information content (AvgIpc) is 2.78. The average molecular weight is 334 g/mol. The molecule has 0 unspecified atom stereocenters. The maximum Gasteiger partial charge on any atom is 0.272 e. The van der Waals surface area contributed by atoms with Crippen molar-refractivity contribution in [3.8, 4) is 0 Å². The van der Waals surface area contributed by atoms with E-state index < -0.39 is 0 Å². The molecule has 2 N–H and O–H groups in total. The maximum absolute atomic E-state index is 12.2. The van der Waals surface area contributed by atoms with E-state index in [0.717, 1.165) is 29.7 Å². The lowest BCUT2D eigenvalue weighted by Crippen LogP contribution is -2.24. The lowest BCUT2D eigenvalue weighted by molar-refractivity contribution is 0.101. The molecule has 4 nitrogen and oxygen atoms in total. The molecule has 2 heterocycles. The van der Waals surface area contributed by atoms with Gasteiger partial charge in [-0.1, -0.05) is 6.07 Å². The van der Waals surface area contributed by atoms with Crippen LogP contribution in [0.15, 0.2) is 34.9 Å². The molecule has 5 heteroatoms. The fraction of sp³-hybridized carbons (Fsp3) is 0.267. The van der Waals surface area contributed by atoms with Crippen LogP contribution >= 0.6 is 15.9 Å². The number of carbonyl (C=O) groups is 1. The standard InChI is InChI=1S/C15H16BrN3O/c1-19-9-12(16)7-14(19)15(20)18-13-3-2-10-4-5-17-8-11(10)6-13/h2-3,6-7,9,17H,4-5,8H2,1H3,(H,18,20). The third kappa shape index (κ3) is 2.64. The van der Waals surface area contributed by atoms with Gasteiger partial charge in [-0.05, 0) is 58.2 Å². The van der Waals surface area contributed by atoms with E-state index in [1.165, 1.54) is 11.1 Å². The number of rotatable bonds is 2. The topological polar surface area (TPSA) is 46.1 Å². The first-order valence-electron chi connectivity index (χ1n) is 6.59. The van der Waals surface area contributed by atoms with Gasteiger partial charge in [-0.2, -0.15) is 0 Å². The predicted molar refractivity (Wildman–Crippen MR) is 82.9 cm³/mol. The summed E-state index contributed by atoms with van der Waals surface area (Å²) in [5.74, 6) is -0.0954. The van der Waals surface area contributed by atoms with Gasteiger partial charge in [0.05, 0.1) is 0 Å². The van der Waals surface area contributed by atoms with Crippen LogP contribution in [0.5, 0.6) is 0 Å². The quantitative estimate of drug-likeness (QED) is 0.887. The number of nitrogens with one attached hydrogen (secondary N) is 2. The van der Waals surface area contributed by atoms with Gasteiger partial charge in [-0.15, -0.1) is 0 Å². The van der Waals surface area contributed by atoms with E-state index >= 15 is 0 Å². The molecule has 20 heavy (non-hydrogen) atoms. The molecule has 1 aliphatic rings. The van der Waals surface area contributed by atoms with E-state index in [-0.39, 0.29) is 5.91 Å². The first-order valence-corrected chi connectivity index (χ1v) is 7.38. The Kier molecular flexibility index (Phi) is 3.63. The molecule has 0 spiro atoms. The SMILES string of the molecule is Cn1cc(Br)cc1C(=O)Nc1ccc2c(c1)CNCC2. The van der Waals surface area contributed by atoms with Crippen molar-refractivity contribution in [2.24, 2.45) is 7.05 Å². The first-order chi connectivity index (χ1) is 9.63. The van der Waals surface area contributed by atoms with Gasteiger partial charge in [0.1, 0.15) is 5.69 Å². The zero-order chi connectivity index (χ0) is 14.1. The van der Waals surface area contributed by atoms with Crippen LogP contribution < -0.4 is 10.6 Å². The number of aryl methyl sites for hydroxylation is 1. The molecule has 0 saturated heterocycles. The Bertz CT molecular complexity index is 663. The molecule has 104 valence electrons. The highest BCUT2D eigenvalue weighted by Gasteiger charge is 2.13. The number of carbonyl (C=O) groups excluding carboxylic acids is 1. The molecule has 0 atom stereocenters. The van der Waals surface area contributed by atoms with E-state index in [0.29, 0.717) is 5.69 Å². The molecular formula is C15H16BrN3O. The summed E-state index contributed by atoms with van der Waals surface area (Å²) in [7, 11) is 1.86. The Morgan fingerprint density at radius 2 is 2.20 bits per heavy atom. The van der Waals surface area contributed by atoms with Gasteiger partial charge in [0.25, 0.3) is 5.91 Å². The molecule has 0 saturated carbocycles. The van der Waals surface area contributed by atoms with Gasteiger partial charge in [0, 0.05) is 29.9 Å². The molecule has 2 aromatic rings. The number of amides is 1. The van der Waals surface area contributed by atoms with Gasteiger partial charge < -0.3 is 15.2 Å². The van der Waals surface area contributed by atoms with Crippen LogP contribution in [0.3, 0.4) is 0 Å². The second-order valence-electron chi connectivity index (χ2n) is 5.02. The highest BCUT2D eigenvalue weighted by molar-refractivity contribution is 9.10. The summed E-state index contributed by atoms with van der Waals surface area (Å²) in [4.78, 5) is 12.2. The zero-order valence-corrected chi connectivity index (χ0v) is 12.8. The summed E-state index contributed by atoms with van der Waals surface area (Å²) in [6.45, 7) is 1.89. The number of aromatic nitrogens is 1. The monoisotopic (exact) mass is 333 g/mol. The lowest BCUT2D eigenvalue weighted by atomic mass is 10.0. The van der Waals surface area contributed by atoms with Gasteiger partial charge >= 0.3 is 0 Å². The van der Waals surface area contributed by atoms with Crippen molar-refractivity contribution >= 4 is 27.5 Å².